The van der Waals surface area contributed by atoms with Crippen LogP contribution in [-0.2, 0) is 6.61 Å². The van der Waals surface area contributed by atoms with E-state index >= 15 is 0 Å². The molecule has 3 heteroatoms. The molecule has 2 rings (SSSR count). The zero-order valence-electron chi connectivity index (χ0n) is 11.1. The molecule has 100 valence electrons. The molecule has 0 unspecified atom stereocenters. The number of aliphatic hydroxyl groups excluding tert-OH is 1. The lowest BCUT2D eigenvalue weighted by atomic mass is 10.1. The Morgan fingerprint density at radius 3 is 2.68 bits per heavy atom. The van der Waals surface area contributed by atoms with E-state index in [2.05, 4.69) is 35.0 Å². The van der Waals surface area contributed by atoms with Crippen LogP contribution in [0.15, 0.2) is 46.9 Å². The van der Waals surface area contributed by atoms with E-state index in [1.54, 1.807) is 6.92 Å². The van der Waals surface area contributed by atoms with Crippen molar-refractivity contribution in [3.05, 3.63) is 63.6 Å². The molecule has 2 nitrogen and oxygen atoms in total. The number of ether oxygens (including phenoxy) is 1. The lowest BCUT2D eigenvalue weighted by Gasteiger charge is -2.14. The molecule has 1 N–H and O–H groups in total. The number of rotatable bonds is 4. The third-order valence-electron chi connectivity index (χ3n) is 2.90. The summed E-state index contributed by atoms with van der Waals surface area (Å²) >= 11 is 3.40. The van der Waals surface area contributed by atoms with Crippen molar-refractivity contribution in [3.63, 3.8) is 0 Å². The minimum Gasteiger partial charge on any atom is -0.489 e. The fraction of sp³-hybridized carbons (Fsp3) is 0.250. The van der Waals surface area contributed by atoms with E-state index in [0.29, 0.717) is 6.61 Å². The van der Waals surface area contributed by atoms with Gasteiger partial charge < -0.3 is 9.84 Å². The highest BCUT2D eigenvalue weighted by Crippen LogP contribution is 2.29. The Morgan fingerprint density at radius 1 is 1.21 bits per heavy atom. The van der Waals surface area contributed by atoms with Crippen molar-refractivity contribution in [1.82, 2.24) is 0 Å². The lowest BCUT2D eigenvalue weighted by Crippen LogP contribution is -2.01. The molecule has 2 aromatic rings. The van der Waals surface area contributed by atoms with Gasteiger partial charge in [-0.1, -0.05) is 45.8 Å². The Kier molecular flexibility index (Phi) is 4.61. The third kappa shape index (κ3) is 3.82. The number of hydrogen-bond donors (Lipinski definition) is 1. The van der Waals surface area contributed by atoms with E-state index in [0.717, 1.165) is 21.3 Å². The fourth-order valence-electron chi connectivity index (χ4n) is 1.94. The van der Waals surface area contributed by atoms with Crippen molar-refractivity contribution >= 4 is 15.9 Å². The lowest BCUT2D eigenvalue weighted by molar-refractivity contribution is 0.190. The molecule has 0 heterocycles. The highest BCUT2D eigenvalue weighted by Gasteiger charge is 2.10. The summed E-state index contributed by atoms with van der Waals surface area (Å²) in [5.74, 6) is 0.722. The summed E-state index contributed by atoms with van der Waals surface area (Å²) in [6, 6.07) is 13.9. The minimum atomic E-state index is -0.551. The summed E-state index contributed by atoms with van der Waals surface area (Å²) in [4.78, 5) is 0. The zero-order chi connectivity index (χ0) is 13.8. The predicted octanol–water partition coefficient (Wildman–Crippen LogP) is 4.39. The van der Waals surface area contributed by atoms with Gasteiger partial charge in [0.2, 0.25) is 0 Å². The number of aryl methyl sites for hydroxylation is 1. The Bertz CT molecular complexity index is 564. The number of halogens is 1. The van der Waals surface area contributed by atoms with Gasteiger partial charge in [-0.25, -0.2) is 0 Å². The van der Waals surface area contributed by atoms with E-state index in [9.17, 15) is 5.11 Å². The van der Waals surface area contributed by atoms with Crippen molar-refractivity contribution in [2.45, 2.75) is 26.6 Å². The van der Waals surface area contributed by atoms with Crippen molar-refractivity contribution in [1.29, 1.82) is 0 Å². The van der Waals surface area contributed by atoms with E-state index in [1.807, 2.05) is 30.3 Å². The van der Waals surface area contributed by atoms with E-state index in [4.69, 9.17) is 4.74 Å². The maximum Gasteiger partial charge on any atom is 0.125 e. The minimum absolute atomic E-state index is 0.503. The van der Waals surface area contributed by atoms with Crippen LogP contribution in [0.5, 0.6) is 5.75 Å². The Morgan fingerprint density at radius 2 is 2.00 bits per heavy atom. The molecule has 2 aromatic carbocycles. The maximum atomic E-state index is 9.77. The van der Waals surface area contributed by atoms with Crippen LogP contribution in [0.1, 0.15) is 29.7 Å². The normalized spacial score (nSPS) is 12.2. The van der Waals surface area contributed by atoms with Gasteiger partial charge in [0, 0.05) is 10.0 Å². The van der Waals surface area contributed by atoms with E-state index < -0.39 is 6.10 Å². The number of benzene rings is 2. The number of aliphatic hydroxyl groups is 1. The molecule has 0 bridgehead atoms. The second-order valence-corrected chi connectivity index (χ2v) is 5.55. The second-order valence-electron chi connectivity index (χ2n) is 4.64. The highest BCUT2D eigenvalue weighted by molar-refractivity contribution is 9.10. The van der Waals surface area contributed by atoms with Crippen LogP contribution >= 0.6 is 15.9 Å². The smallest absolute Gasteiger partial charge is 0.125 e. The van der Waals surface area contributed by atoms with E-state index in [-0.39, 0.29) is 0 Å². The molecule has 0 aliphatic carbocycles. The van der Waals surface area contributed by atoms with Gasteiger partial charge in [0.15, 0.2) is 0 Å². The summed E-state index contributed by atoms with van der Waals surface area (Å²) in [5, 5.41) is 9.77. The maximum absolute atomic E-state index is 9.77. The average molecular weight is 321 g/mol. The zero-order valence-corrected chi connectivity index (χ0v) is 12.6. The Hall–Kier alpha value is -1.32. The summed E-state index contributed by atoms with van der Waals surface area (Å²) in [6.45, 7) is 4.30. The second kappa shape index (κ2) is 6.22. The van der Waals surface area contributed by atoms with Gasteiger partial charge in [-0.3, -0.25) is 0 Å². The number of hydrogen-bond acceptors (Lipinski definition) is 2. The molecule has 0 aromatic heterocycles. The van der Waals surface area contributed by atoms with Crippen molar-refractivity contribution in [2.75, 3.05) is 0 Å². The molecule has 0 saturated heterocycles. The molecule has 0 amide bonds. The van der Waals surface area contributed by atoms with Crippen molar-refractivity contribution in [3.8, 4) is 5.75 Å². The molecule has 19 heavy (non-hydrogen) atoms. The molecule has 0 radical (unpaired) electrons. The molecule has 0 saturated carbocycles. The summed E-state index contributed by atoms with van der Waals surface area (Å²) in [7, 11) is 0. The summed E-state index contributed by atoms with van der Waals surface area (Å²) in [5.41, 5.74) is 3.13. The first kappa shape index (κ1) is 14.1. The van der Waals surface area contributed by atoms with Gasteiger partial charge in [-0.05, 0) is 37.6 Å². The molecule has 0 aliphatic rings. The molecular formula is C16H17BrO2. The van der Waals surface area contributed by atoms with Crippen LogP contribution in [0.2, 0.25) is 0 Å². The SMILES string of the molecule is Cc1cccc(COc2ccc(Br)cc2[C@@H](C)O)c1. The van der Waals surface area contributed by atoms with Gasteiger partial charge in [0.1, 0.15) is 12.4 Å². The topological polar surface area (TPSA) is 29.5 Å². The highest BCUT2D eigenvalue weighted by atomic mass is 79.9. The third-order valence-corrected chi connectivity index (χ3v) is 3.39. The Balaban J connectivity index is 2.15. The molecular weight excluding hydrogens is 304 g/mol. The van der Waals surface area contributed by atoms with Gasteiger partial charge in [0.25, 0.3) is 0 Å². The fourth-order valence-corrected chi connectivity index (χ4v) is 2.32. The first-order chi connectivity index (χ1) is 9.06. The average Bonchev–Trinajstić information content (AvgIpc) is 2.37. The van der Waals surface area contributed by atoms with E-state index in [1.165, 1.54) is 5.56 Å². The quantitative estimate of drug-likeness (QED) is 0.905. The molecule has 0 fully saturated rings. The summed E-state index contributed by atoms with van der Waals surface area (Å²) < 4.78 is 6.75. The monoisotopic (exact) mass is 320 g/mol. The van der Waals surface area contributed by atoms with Crippen LogP contribution in [-0.4, -0.2) is 5.11 Å². The van der Waals surface area contributed by atoms with Gasteiger partial charge >= 0.3 is 0 Å². The van der Waals surface area contributed by atoms with Crippen molar-refractivity contribution in [2.24, 2.45) is 0 Å². The molecule has 0 spiro atoms. The van der Waals surface area contributed by atoms with Crippen LogP contribution < -0.4 is 4.74 Å². The first-order valence-corrected chi connectivity index (χ1v) is 7.01. The van der Waals surface area contributed by atoms with Crippen LogP contribution in [0, 0.1) is 6.92 Å². The summed E-state index contributed by atoms with van der Waals surface area (Å²) in [6.07, 6.45) is -0.551. The Labute approximate surface area is 122 Å². The molecule has 1 atom stereocenters. The largest absolute Gasteiger partial charge is 0.489 e. The van der Waals surface area contributed by atoms with Crippen LogP contribution in [0.4, 0.5) is 0 Å². The predicted molar refractivity (Wildman–Crippen MR) is 80.3 cm³/mol. The van der Waals surface area contributed by atoms with Crippen LogP contribution in [0.25, 0.3) is 0 Å². The molecule has 0 aliphatic heterocycles. The van der Waals surface area contributed by atoms with Gasteiger partial charge in [0.05, 0.1) is 6.10 Å². The van der Waals surface area contributed by atoms with Crippen molar-refractivity contribution < 1.29 is 9.84 Å². The van der Waals surface area contributed by atoms with Gasteiger partial charge in [-0.15, -0.1) is 0 Å². The standard InChI is InChI=1S/C16H17BrO2/c1-11-4-3-5-13(8-11)10-19-16-7-6-14(17)9-15(16)12(2)18/h3-9,12,18H,10H2,1-2H3/t12-/m1/s1. The van der Waals surface area contributed by atoms with Gasteiger partial charge in [-0.2, -0.15) is 0 Å². The van der Waals surface area contributed by atoms with Crippen LogP contribution in [0.3, 0.4) is 0 Å². The first-order valence-electron chi connectivity index (χ1n) is 6.22.